The third kappa shape index (κ3) is 4.49. The number of rotatable bonds is 5. The summed E-state index contributed by atoms with van der Waals surface area (Å²) in [5, 5.41) is 11.0. The summed E-state index contributed by atoms with van der Waals surface area (Å²) in [5.74, 6) is -0.305. The lowest BCUT2D eigenvalue weighted by Gasteiger charge is -2.37. The van der Waals surface area contributed by atoms with Crippen LogP contribution in [0.1, 0.15) is 25.5 Å². The lowest BCUT2D eigenvalue weighted by molar-refractivity contribution is 0.249. The zero-order valence-corrected chi connectivity index (χ0v) is 18.2. The number of halogens is 1. The Morgan fingerprint density at radius 2 is 1.97 bits per heavy atom. The molecule has 1 aliphatic rings. The first-order valence-electron chi connectivity index (χ1n) is 10.7. The Hall–Kier alpha value is -3.13. The summed E-state index contributed by atoms with van der Waals surface area (Å²) in [7, 11) is 1.86. The van der Waals surface area contributed by atoms with Crippen molar-refractivity contribution in [3.05, 3.63) is 54.0 Å². The molecule has 3 aromatic rings. The SMILES string of the molecule is CCN1CCN(c2ccc(F)cc2C(C)NC(=O)Nc2cccc3c2cnn3C)CC1. The van der Waals surface area contributed by atoms with Crippen LogP contribution in [0.25, 0.3) is 10.9 Å². The normalized spacial score (nSPS) is 15.8. The van der Waals surface area contributed by atoms with Crippen LogP contribution in [0.3, 0.4) is 0 Å². The molecule has 1 fully saturated rings. The number of piperazine rings is 1. The molecule has 0 spiro atoms. The quantitative estimate of drug-likeness (QED) is 0.655. The minimum absolute atomic E-state index is 0.305. The maximum atomic E-state index is 14.1. The van der Waals surface area contributed by atoms with Crippen molar-refractivity contribution in [2.45, 2.75) is 19.9 Å². The largest absolute Gasteiger partial charge is 0.369 e. The highest BCUT2D eigenvalue weighted by Gasteiger charge is 2.22. The molecule has 0 saturated carbocycles. The minimum Gasteiger partial charge on any atom is -0.369 e. The highest BCUT2D eigenvalue weighted by molar-refractivity contribution is 6.00. The third-order valence-corrected chi connectivity index (χ3v) is 6.00. The van der Waals surface area contributed by atoms with Gasteiger partial charge in [0.1, 0.15) is 5.82 Å². The van der Waals surface area contributed by atoms with E-state index in [1.807, 2.05) is 38.2 Å². The van der Waals surface area contributed by atoms with E-state index in [0.29, 0.717) is 5.69 Å². The number of aryl methyl sites for hydroxylation is 1. The summed E-state index contributed by atoms with van der Waals surface area (Å²) < 4.78 is 15.9. The van der Waals surface area contributed by atoms with Gasteiger partial charge in [-0.3, -0.25) is 4.68 Å². The van der Waals surface area contributed by atoms with Crippen LogP contribution in [0.5, 0.6) is 0 Å². The number of hydrogen-bond donors (Lipinski definition) is 2. The lowest BCUT2D eigenvalue weighted by Crippen LogP contribution is -2.46. The van der Waals surface area contributed by atoms with Crippen molar-refractivity contribution in [1.82, 2.24) is 20.0 Å². The van der Waals surface area contributed by atoms with Crippen LogP contribution >= 0.6 is 0 Å². The fourth-order valence-electron chi connectivity index (χ4n) is 4.18. The van der Waals surface area contributed by atoms with Crippen LogP contribution in [0.4, 0.5) is 20.6 Å². The maximum absolute atomic E-state index is 14.1. The molecule has 0 aliphatic carbocycles. The number of nitrogens with one attached hydrogen (secondary N) is 2. The highest BCUT2D eigenvalue weighted by Crippen LogP contribution is 2.29. The predicted molar refractivity (Wildman–Crippen MR) is 122 cm³/mol. The van der Waals surface area contributed by atoms with E-state index in [1.54, 1.807) is 10.9 Å². The van der Waals surface area contributed by atoms with E-state index in [4.69, 9.17) is 0 Å². The molecule has 0 bridgehead atoms. The third-order valence-electron chi connectivity index (χ3n) is 6.00. The summed E-state index contributed by atoms with van der Waals surface area (Å²) in [6.07, 6.45) is 1.73. The van der Waals surface area contributed by atoms with Gasteiger partial charge in [0.25, 0.3) is 0 Å². The van der Waals surface area contributed by atoms with Crippen molar-refractivity contribution in [3.8, 4) is 0 Å². The lowest BCUT2D eigenvalue weighted by atomic mass is 10.0. The molecule has 2 aromatic carbocycles. The van der Waals surface area contributed by atoms with Crippen molar-refractivity contribution in [2.75, 3.05) is 42.9 Å². The first-order chi connectivity index (χ1) is 15.0. The Morgan fingerprint density at radius 1 is 1.19 bits per heavy atom. The van der Waals surface area contributed by atoms with E-state index in [-0.39, 0.29) is 17.9 Å². The van der Waals surface area contributed by atoms with Crippen LogP contribution in [0, 0.1) is 5.82 Å². The fraction of sp³-hybridized carbons (Fsp3) is 0.391. The topological polar surface area (TPSA) is 65.4 Å². The van der Waals surface area contributed by atoms with Crippen molar-refractivity contribution < 1.29 is 9.18 Å². The van der Waals surface area contributed by atoms with Gasteiger partial charge in [0, 0.05) is 49.9 Å². The summed E-state index contributed by atoms with van der Waals surface area (Å²) >= 11 is 0. The van der Waals surface area contributed by atoms with Crippen LogP contribution in [-0.4, -0.2) is 53.4 Å². The van der Waals surface area contributed by atoms with Crippen LogP contribution in [0.2, 0.25) is 0 Å². The Kier molecular flexibility index (Phi) is 6.08. The van der Waals surface area contributed by atoms with E-state index in [2.05, 4.69) is 32.5 Å². The van der Waals surface area contributed by atoms with Gasteiger partial charge in [0.2, 0.25) is 0 Å². The number of fused-ring (bicyclic) bond motifs is 1. The Balaban J connectivity index is 1.49. The summed E-state index contributed by atoms with van der Waals surface area (Å²) in [4.78, 5) is 17.4. The molecule has 1 unspecified atom stereocenters. The molecule has 1 aliphatic heterocycles. The minimum atomic E-state index is -0.358. The summed E-state index contributed by atoms with van der Waals surface area (Å²) in [5.41, 5.74) is 3.37. The van der Waals surface area contributed by atoms with Gasteiger partial charge >= 0.3 is 6.03 Å². The smallest absolute Gasteiger partial charge is 0.319 e. The van der Waals surface area contributed by atoms with E-state index >= 15 is 0 Å². The second-order valence-corrected chi connectivity index (χ2v) is 7.95. The molecule has 1 atom stereocenters. The summed E-state index contributed by atoms with van der Waals surface area (Å²) in [6, 6.07) is 9.80. The molecular formula is C23H29FN6O. The van der Waals surface area contributed by atoms with Crippen LogP contribution in [0.15, 0.2) is 42.6 Å². The number of urea groups is 1. The molecule has 7 nitrogen and oxygen atoms in total. The van der Waals surface area contributed by atoms with Crippen LogP contribution < -0.4 is 15.5 Å². The molecule has 4 rings (SSSR count). The van der Waals surface area contributed by atoms with Crippen molar-refractivity contribution in [3.63, 3.8) is 0 Å². The molecule has 164 valence electrons. The number of anilines is 2. The number of hydrogen-bond acceptors (Lipinski definition) is 4. The second kappa shape index (κ2) is 8.93. The van der Waals surface area contributed by atoms with Gasteiger partial charge in [-0.2, -0.15) is 5.10 Å². The molecule has 1 aromatic heterocycles. The number of nitrogens with zero attached hydrogens (tertiary/aromatic N) is 4. The van der Waals surface area contributed by atoms with Crippen molar-refractivity contribution >= 4 is 28.3 Å². The van der Waals surface area contributed by atoms with Gasteiger partial charge in [-0.05, 0) is 43.8 Å². The summed E-state index contributed by atoms with van der Waals surface area (Å²) in [6.45, 7) is 8.80. The molecule has 2 N–H and O–H groups in total. The van der Waals surface area contributed by atoms with Crippen LogP contribution in [-0.2, 0) is 7.05 Å². The van der Waals surface area contributed by atoms with E-state index in [9.17, 15) is 9.18 Å². The Morgan fingerprint density at radius 3 is 2.71 bits per heavy atom. The number of benzene rings is 2. The van der Waals surface area contributed by atoms with Gasteiger partial charge in [-0.15, -0.1) is 0 Å². The number of amides is 2. The Bertz CT molecular complexity index is 1070. The Labute approximate surface area is 181 Å². The number of carbonyl (C=O) groups excluding carboxylic acids is 1. The molecule has 2 heterocycles. The number of carbonyl (C=O) groups is 1. The standard InChI is InChI=1S/C23H29FN6O/c1-4-29-10-12-30(13-11-29)22-9-8-17(24)14-18(22)16(2)26-23(31)27-20-6-5-7-21-19(20)15-25-28(21)3/h5-9,14-16H,4,10-13H2,1-3H3,(H2,26,27,31). The molecule has 8 heteroatoms. The highest BCUT2D eigenvalue weighted by atomic mass is 19.1. The second-order valence-electron chi connectivity index (χ2n) is 7.95. The predicted octanol–water partition coefficient (Wildman–Crippen LogP) is 3.74. The molecular weight excluding hydrogens is 395 g/mol. The van der Waals surface area contributed by atoms with E-state index in [1.165, 1.54) is 12.1 Å². The molecule has 31 heavy (non-hydrogen) atoms. The van der Waals surface area contributed by atoms with Gasteiger partial charge in [-0.1, -0.05) is 13.0 Å². The number of aromatic nitrogens is 2. The van der Waals surface area contributed by atoms with E-state index < -0.39 is 0 Å². The average molecular weight is 425 g/mol. The van der Waals surface area contributed by atoms with E-state index in [0.717, 1.165) is 54.9 Å². The van der Waals surface area contributed by atoms with Crippen molar-refractivity contribution in [2.24, 2.45) is 7.05 Å². The number of likely N-dealkylation sites (N-methyl/N-ethyl adjacent to an activating group) is 1. The maximum Gasteiger partial charge on any atom is 0.319 e. The average Bonchev–Trinajstić information content (AvgIpc) is 3.15. The zero-order chi connectivity index (χ0) is 22.0. The van der Waals surface area contributed by atoms with Crippen molar-refractivity contribution in [1.29, 1.82) is 0 Å². The molecule has 2 amide bonds. The van der Waals surface area contributed by atoms with Gasteiger partial charge < -0.3 is 20.4 Å². The first-order valence-corrected chi connectivity index (χ1v) is 10.7. The van der Waals surface area contributed by atoms with Gasteiger partial charge in [0.05, 0.1) is 23.4 Å². The zero-order valence-electron chi connectivity index (χ0n) is 18.2. The van der Waals surface area contributed by atoms with Gasteiger partial charge in [0.15, 0.2) is 0 Å². The monoisotopic (exact) mass is 424 g/mol. The first kappa shape index (κ1) is 21.1. The fourth-order valence-corrected chi connectivity index (χ4v) is 4.18. The molecule has 0 radical (unpaired) electrons. The molecule has 1 saturated heterocycles. The van der Waals surface area contributed by atoms with Gasteiger partial charge in [-0.25, -0.2) is 9.18 Å².